The highest BCUT2D eigenvalue weighted by atomic mass is 28.3. The molecule has 0 spiro atoms. The molecule has 0 heterocycles. The van der Waals surface area contributed by atoms with Crippen molar-refractivity contribution >= 4 is 13.3 Å². The second-order valence-electron chi connectivity index (χ2n) is 4.77. The predicted molar refractivity (Wildman–Crippen MR) is 81.3 cm³/mol. The predicted octanol–water partition coefficient (Wildman–Crippen LogP) is 4.29. The van der Waals surface area contributed by atoms with Crippen LogP contribution in [-0.4, -0.2) is 8.07 Å². The van der Waals surface area contributed by atoms with E-state index < -0.39 is 8.07 Å². The summed E-state index contributed by atoms with van der Waals surface area (Å²) in [6, 6.07) is 10.2. The van der Waals surface area contributed by atoms with Crippen molar-refractivity contribution in [1.29, 1.82) is 0 Å². The van der Waals surface area contributed by atoms with Crippen molar-refractivity contribution in [3.8, 4) is 0 Å². The maximum Gasteiger partial charge on any atom is 0.132 e. The molecule has 0 aliphatic carbocycles. The van der Waals surface area contributed by atoms with Crippen molar-refractivity contribution in [1.82, 2.24) is 0 Å². The van der Waals surface area contributed by atoms with Crippen molar-refractivity contribution < 1.29 is 0 Å². The van der Waals surface area contributed by atoms with Crippen molar-refractivity contribution in [3.05, 3.63) is 54.4 Å². The van der Waals surface area contributed by atoms with Crippen molar-refractivity contribution in [3.63, 3.8) is 0 Å². The molecule has 0 nitrogen and oxygen atoms in total. The zero-order valence-corrected chi connectivity index (χ0v) is 12.2. The second kappa shape index (κ2) is 6.60. The summed E-state index contributed by atoms with van der Waals surface area (Å²) >= 11 is 0. The van der Waals surface area contributed by atoms with Gasteiger partial charge in [-0.15, -0.1) is 13.2 Å². The van der Waals surface area contributed by atoms with E-state index in [-0.39, 0.29) is 0 Å². The fourth-order valence-electron chi connectivity index (χ4n) is 2.20. The topological polar surface area (TPSA) is 0 Å². The number of aryl methyl sites for hydroxylation is 1. The average Bonchev–Trinajstić information content (AvgIpc) is 2.37. The maximum absolute atomic E-state index is 4.07. The Morgan fingerprint density at radius 1 is 1.06 bits per heavy atom. The minimum absolute atomic E-state index is 1.25. The van der Waals surface area contributed by atoms with Gasteiger partial charge in [0.2, 0.25) is 0 Å². The van der Waals surface area contributed by atoms with Crippen molar-refractivity contribution in [2.24, 2.45) is 0 Å². The van der Waals surface area contributed by atoms with E-state index in [2.05, 4.69) is 62.7 Å². The van der Waals surface area contributed by atoms with Crippen LogP contribution in [0.1, 0.15) is 31.7 Å². The molecule has 0 aliphatic rings. The molecule has 0 atom stereocenters. The lowest BCUT2D eigenvalue weighted by Gasteiger charge is -2.25. The zero-order valence-electron chi connectivity index (χ0n) is 11.2. The molecule has 1 heteroatoms. The summed E-state index contributed by atoms with van der Waals surface area (Å²) in [7, 11) is -1.65. The summed E-state index contributed by atoms with van der Waals surface area (Å²) in [6.45, 7) is 12.5. The Morgan fingerprint density at radius 2 is 1.65 bits per heavy atom. The fourth-order valence-corrected chi connectivity index (χ4v) is 5.16. The normalized spacial score (nSPS) is 11.2. The molecule has 1 aromatic rings. The lowest BCUT2D eigenvalue weighted by Crippen LogP contribution is -2.44. The highest BCUT2D eigenvalue weighted by molar-refractivity contribution is 6.99. The summed E-state index contributed by atoms with van der Waals surface area (Å²) in [5.41, 5.74) is 5.68. The summed E-state index contributed by atoms with van der Waals surface area (Å²) in [5.74, 6) is 0. The molecule has 0 saturated heterocycles. The van der Waals surface area contributed by atoms with Gasteiger partial charge < -0.3 is 0 Å². The second-order valence-corrected chi connectivity index (χ2v) is 8.75. The van der Waals surface area contributed by atoms with Crippen LogP contribution < -0.4 is 5.19 Å². The SMILES string of the molecule is C=C[Si](C=C)(CCCCC)c1ccc(C)cc1. The van der Waals surface area contributed by atoms with Gasteiger partial charge in [0, 0.05) is 0 Å². The number of hydrogen-bond donors (Lipinski definition) is 0. The number of hydrogen-bond acceptors (Lipinski definition) is 0. The number of rotatable bonds is 7. The Balaban J connectivity index is 2.93. The van der Waals surface area contributed by atoms with Gasteiger partial charge in [-0.25, -0.2) is 0 Å². The van der Waals surface area contributed by atoms with Gasteiger partial charge in [-0.3, -0.25) is 0 Å². The first kappa shape index (κ1) is 14.0. The van der Waals surface area contributed by atoms with E-state index in [1.165, 1.54) is 36.1 Å². The minimum Gasteiger partial charge on any atom is -0.106 e. The molecule has 0 N–H and O–H groups in total. The van der Waals surface area contributed by atoms with E-state index in [9.17, 15) is 0 Å². The fraction of sp³-hybridized carbons (Fsp3) is 0.375. The molecule has 1 rings (SSSR count). The Bertz CT molecular complexity index is 354. The lowest BCUT2D eigenvalue weighted by molar-refractivity contribution is 0.766. The molecule has 92 valence electrons. The molecule has 0 bridgehead atoms. The van der Waals surface area contributed by atoms with Crippen LogP contribution >= 0.6 is 0 Å². The highest BCUT2D eigenvalue weighted by Gasteiger charge is 2.27. The summed E-state index contributed by atoms with van der Waals surface area (Å²) in [5, 5.41) is 1.45. The average molecular weight is 244 g/mol. The van der Waals surface area contributed by atoms with Crippen LogP contribution in [0, 0.1) is 6.92 Å². The third-order valence-electron chi connectivity index (χ3n) is 3.51. The molecule has 0 aromatic heterocycles. The Kier molecular flexibility index (Phi) is 5.43. The molecular weight excluding hydrogens is 220 g/mol. The molecule has 0 amide bonds. The Hall–Kier alpha value is -1.08. The molecule has 0 aliphatic heterocycles. The summed E-state index contributed by atoms with van der Waals surface area (Å²) in [6.07, 6.45) is 3.86. The first-order valence-corrected chi connectivity index (χ1v) is 8.89. The molecule has 0 saturated carbocycles. The van der Waals surface area contributed by atoms with E-state index in [0.717, 1.165) is 0 Å². The molecule has 17 heavy (non-hydrogen) atoms. The van der Waals surface area contributed by atoms with Crippen LogP contribution in [0.2, 0.25) is 6.04 Å². The van der Waals surface area contributed by atoms with E-state index >= 15 is 0 Å². The van der Waals surface area contributed by atoms with Crippen molar-refractivity contribution in [2.45, 2.75) is 39.2 Å². The van der Waals surface area contributed by atoms with Crippen LogP contribution in [0.25, 0.3) is 0 Å². The quantitative estimate of drug-likeness (QED) is 0.496. The van der Waals surface area contributed by atoms with E-state index in [1.807, 2.05) is 0 Å². The Morgan fingerprint density at radius 3 is 2.12 bits per heavy atom. The maximum atomic E-state index is 4.07. The van der Waals surface area contributed by atoms with Gasteiger partial charge in [0.1, 0.15) is 8.07 Å². The van der Waals surface area contributed by atoms with E-state index in [0.29, 0.717) is 0 Å². The van der Waals surface area contributed by atoms with Gasteiger partial charge in [0.05, 0.1) is 0 Å². The first-order chi connectivity index (χ1) is 8.18. The highest BCUT2D eigenvalue weighted by Crippen LogP contribution is 2.18. The Labute approximate surface area is 107 Å². The largest absolute Gasteiger partial charge is 0.132 e. The lowest BCUT2D eigenvalue weighted by atomic mass is 10.2. The monoisotopic (exact) mass is 244 g/mol. The summed E-state index contributed by atoms with van der Waals surface area (Å²) < 4.78 is 0. The van der Waals surface area contributed by atoms with Crippen LogP contribution in [0.15, 0.2) is 48.8 Å². The minimum atomic E-state index is -1.65. The molecular formula is C16H24Si. The first-order valence-electron chi connectivity index (χ1n) is 6.53. The van der Waals surface area contributed by atoms with Crippen LogP contribution in [-0.2, 0) is 0 Å². The van der Waals surface area contributed by atoms with Gasteiger partial charge in [-0.2, -0.15) is 0 Å². The zero-order chi connectivity index (χ0) is 12.7. The van der Waals surface area contributed by atoms with Crippen LogP contribution in [0.5, 0.6) is 0 Å². The third kappa shape index (κ3) is 3.44. The van der Waals surface area contributed by atoms with Gasteiger partial charge in [0.15, 0.2) is 0 Å². The smallest absolute Gasteiger partial charge is 0.106 e. The molecule has 0 radical (unpaired) electrons. The molecule has 1 aromatic carbocycles. The van der Waals surface area contributed by atoms with Crippen LogP contribution in [0.4, 0.5) is 0 Å². The van der Waals surface area contributed by atoms with Crippen molar-refractivity contribution in [2.75, 3.05) is 0 Å². The molecule has 0 unspecified atom stereocenters. The van der Waals surface area contributed by atoms with E-state index in [4.69, 9.17) is 0 Å². The summed E-state index contributed by atoms with van der Waals surface area (Å²) in [4.78, 5) is 0. The third-order valence-corrected chi connectivity index (χ3v) is 7.56. The van der Waals surface area contributed by atoms with Gasteiger partial charge in [0.25, 0.3) is 0 Å². The van der Waals surface area contributed by atoms with Gasteiger partial charge in [-0.1, -0.05) is 72.6 Å². The molecule has 0 fully saturated rings. The van der Waals surface area contributed by atoms with Gasteiger partial charge in [-0.05, 0) is 13.0 Å². The number of unbranched alkanes of at least 4 members (excludes halogenated alkanes) is 2. The number of benzene rings is 1. The van der Waals surface area contributed by atoms with E-state index in [1.54, 1.807) is 0 Å². The van der Waals surface area contributed by atoms with Crippen LogP contribution in [0.3, 0.4) is 0 Å². The van der Waals surface area contributed by atoms with Gasteiger partial charge >= 0.3 is 0 Å². The standard InChI is InChI=1S/C16H24Si/c1-5-8-9-14-17(6-2,7-3)16-12-10-15(4)11-13-16/h6-7,10-13H,2-3,5,8-9,14H2,1,4H3.